The Labute approximate surface area is 132 Å². The van der Waals surface area contributed by atoms with Gasteiger partial charge >= 0.3 is 0 Å². The number of benzene rings is 1. The minimum atomic E-state index is -1.09. The van der Waals surface area contributed by atoms with E-state index in [1.165, 1.54) is 11.3 Å². The summed E-state index contributed by atoms with van der Waals surface area (Å²) >= 11 is 7.36. The van der Waals surface area contributed by atoms with Gasteiger partial charge in [0.25, 0.3) is 0 Å². The van der Waals surface area contributed by atoms with E-state index in [9.17, 15) is 4.79 Å². The fraction of sp³-hybridized carbons (Fsp3) is 0.267. The van der Waals surface area contributed by atoms with Crippen LogP contribution in [0.25, 0.3) is 11.3 Å². The zero-order chi connectivity index (χ0) is 15.6. The molecule has 1 N–H and O–H groups in total. The lowest BCUT2D eigenvalue weighted by Gasteiger charge is -2.12. The number of aromatic nitrogens is 1. The van der Waals surface area contributed by atoms with Crippen LogP contribution in [-0.2, 0) is 4.79 Å². The van der Waals surface area contributed by atoms with E-state index in [2.05, 4.69) is 10.3 Å². The van der Waals surface area contributed by atoms with Crippen molar-refractivity contribution in [3.8, 4) is 17.3 Å². The number of nitrogens with zero attached hydrogens (tertiary/aromatic N) is 2. The lowest BCUT2D eigenvalue weighted by Crippen LogP contribution is -2.29. The van der Waals surface area contributed by atoms with Crippen LogP contribution in [-0.4, -0.2) is 10.9 Å². The number of amides is 1. The van der Waals surface area contributed by atoms with E-state index in [0.29, 0.717) is 10.2 Å². The molecule has 0 atom stereocenters. The SMILES string of the molecule is Cc1sc(NC(=O)C(C)(C)C#N)nc1-c1cccc(Cl)c1. The molecule has 0 spiro atoms. The molecule has 1 amide bonds. The lowest BCUT2D eigenvalue weighted by molar-refractivity contribution is -0.121. The number of hydrogen-bond donors (Lipinski definition) is 1. The summed E-state index contributed by atoms with van der Waals surface area (Å²) in [5.74, 6) is -0.364. The van der Waals surface area contributed by atoms with Crippen molar-refractivity contribution in [3.63, 3.8) is 0 Å². The summed E-state index contributed by atoms with van der Waals surface area (Å²) in [6.45, 7) is 5.07. The minimum Gasteiger partial charge on any atom is -0.301 e. The lowest BCUT2D eigenvalue weighted by atomic mass is 9.95. The fourth-order valence-corrected chi connectivity index (χ4v) is 2.68. The van der Waals surface area contributed by atoms with Crippen LogP contribution in [0.3, 0.4) is 0 Å². The number of halogens is 1. The van der Waals surface area contributed by atoms with Crippen molar-refractivity contribution in [1.29, 1.82) is 5.26 Å². The summed E-state index contributed by atoms with van der Waals surface area (Å²) in [7, 11) is 0. The highest BCUT2D eigenvalue weighted by molar-refractivity contribution is 7.16. The first-order valence-electron chi connectivity index (χ1n) is 6.29. The number of hydrogen-bond acceptors (Lipinski definition) is 4. The highest BCUT2D eigenvalue weighted by Gasteiger charge is 2.28. The summed E-state index contributed by atoms with van der Waals surface area (Å²) in [6, 6.07) is 9.36. The third-order valence-electron chi connectivity index (χ3n) is 2.96. The summed E-state index contributed by atoms with van der Waals surface area (Å²) < 4.78 is 0. The van der Waals surface area contributed by atoms with Crippen LogP contribution in [0.1, 0.15) is 18.7 Å². The van der Waals surface area contributed by atoms with Gasteiger partial charge in [0.05, 0.1) is 11.8 Å². The van der Waals surface area contributed by atoms with Gasteiger partial charge in [-0.2, -0.15) is 5.26 Å². The Morgan fingerprint density at radius 1 is 1.48 bits per heavy atom. The van der Waals surface area contributed by atoms with Crippen molar-refractivity contribution >= 4 is 34.0 Å². The predicted molar refractivity (Wildman–Crippen MR) is 85.3 cm³/mol. The van der Waals surface area contributed by atoms with Crippen molar-refractivity contribution in [2.24, 2.45) is 5.41 Å². The molecule has 1 heterocycles. The van der Waals surface area contributed by atoms with Crippen LogP contribution in [0.5, 0.6) is 0 Å². The first-order chi connectivity index (χ1) is 9.83. The van der Waals surface area contributed by atoms with Gasteiger partial charge in [-0.05, 0) is 32.9 Å². The summed E-state index contributed by atoms with van der Waals surface area (Å²) in [6.07, 6.45) is 0. The van der Waals surface area contributed by atoms with Gasteiger partial charge in [-0.1, -0.05) is 23.7 Å². The van der Waals surface area contributed by atoms with Crippen LogP contribution in [0.15, 0.2) is 24.3 Å². The second-order valence-electron chi connectivity index (χ2n) is 5.13. The Kier molecular flexibility index (Phi) is 4.31. The molecule has 1 aromatic heterocycles. The molecule has 0 aliphatic carbocycles. The molecule has 6 heteroatoms. The molecule has 4 nitrogen and oxygen atoms in total. The van der Waals surface area contributed by atoms with Gasteiger partial charge in [-0.25, -0.2) is 4.98 Å². The molecule has 0 unspecified atom stereocenters. The first kappa shape index (κ1) is 15.5. The van der Waals surface area contributed by atoms with Gasteiger partial charge in [0.1, 0.15) is 5.41 Å². The van der Waals surface area contributed by atoms with E-state index in [-0.39, 0.29) is 5.91 Å². The van der Waals surface area contributed by atoms with E-state index >= 15 is 0 Å². The molecular formula is C15H14ClN3OS. The third kappa shape index (κ3) is 3.41. The highest BCUT2D eigenvalue weighted by atomic mass is 35.5. The minimum absolute atomic E-state index is 0.364. The molecule has 1 aromatic carbocycles. The molecule has 0 aliphatic rings. The predicted octanol–water partition coefficient (Wildman–Crippen LogP) is 4.26. The van der Waals surface area contributed by atoms with Crippen molar-refractivity contribution in [3.05, 3.63) is 34.2 Å². The number of aryl methyl sites for hydroxylation is 1. The van der Waals surface area contributed by atoms with Gasteiger partial charge in [0.15, 0.2) is 5.13 Å². The number of rotatable bonds is 3. The van der Waals surface area contributed by atoms with E-state index in [1.54, 1.807) is 19.9 Å². The molecule has 0 aliphatic heterocycles. The Bertz CT molecular complexity index is 731. The van der Waals surface area contributed by atoms with E-state index < -0.39 is 5.41 Å². The highest BCUT2D eigenvalue weighted by Crippen LogP contribution is 2.32. The molecular weight excluding hydrogens is 306 g/mol. The van der Waals surface area contributed by atoms with Crippen LogP contribution >= 0.6 is 22.9 Å². The van der Waals surface area contributed by atoms with Gasteiger partial charge in [-0.15, -0.1) is 11.3 Å². The summed E-state index contributed by atoms with van der Waals surface area (Å²) in [4.78, 5) is 17.4. The zero-order valence-corrected chi connectivity index (χ0v) is 13.5. The molecule has 0 radical (unpaired) electrons. The number of carbonyl (C=O) groups is 1. The average Bonchev–Trinajstić information content (AvgIpc) is 2.79. The standard InChI is InChI=1S/C15H14ClN3OS/c1-9-12(10-5-4-6-11(16)7-10)18-14(21-9)19-13(20)15(2,3)8-17/h4-7H,1-3H3,(H,18,19,20). The Morgan fingerprint density at radius 2 is 2.19 bits per heavy atom. The van der Waals surface area contributed by atoms with Gasteiger partial charge in [-0.3, -0.25) is 4.79 Å². The number of nitriles is 1. The Balaban J connectivity index is 2.29. The molecule has 0 saturated carbocycles. The van der Waals surface area contributed by atoms with Crippen molar-refractivity contribution in [2.75, 3.05) is 5.32 Å². The van der Waals surface area contributed by atoms with Gasteiger partial charge in [0.2, 0.25) is 5.91 Å². The number of nitrogens with one attached hydrogen (secondary N) is 1. The third-order valence-corrected chi connectivity index (χ3v) is 4.08. The maximum absolute atomic E-state index is 12.0. The van der Waals surface area contributed by atoms with Gasteiger partial charge in [0, 0.05) is 15.5 Å². The van der Waals surface area contributed by atoms with Gasteiger partial charge < -0.3 is 5.32 Å². The van der Waals surface area contributed by atoms with Crippen LogP contribution < -0.4 is 5.32 Å². The molecule has 108 valence electrons. The van der Waals surface area contributed by atoms with Crippen molar-refractivity contribution in [2.45, 2.75) is 20.8 Å². The largest absolute Gasteiger partial charge is 0.301 e. The molecule has 2 rings (SSSR count). The molecule has 21 heavy (non-hydrogen) atoms. The Hall–Kier alpha value is -1.90. The summed E-state index contributed by atoms with van der Waals surface area (Å²) in [5, 5.41) is 12.8. The van der Waals surface area contributed by atoms with E-state index in [4.69, 9.17) is 16.9 Å². The van der Waals surface area contributed by atoms with E-state index in [1.807, 2.05) is 31.2 Å². The zero-order valence-electron chi connectivity index (χ0n) is 11.9. The number of anilines is 1. The molecule has 0 saturated heterocycles. The van der Waals surface area contributed by atoms with Crippen LogP contribution in [0, 0.1) is 23.7 Å². The molecule has 0 fully saturated rings. The smallest absolute Gasteiger partial charge is 0.246 e. The maximum atomic E-state index is 12.0. The second kappa shape index (κ2) is 5.84. The normalized spacial score (nSPS) is 11.0. The number of thiazole rings is 1. The monoisotopic (exact) mass is 319 g/mol. The van der Waals surface area contributed by atoms with Crippen LogP contribution in [0.4, 0.5) is 5.13 Å². The maximum Gasteiger partial charge on any atom is 0.246 e. The fourth-order valence-electron chi connectivity index (χ4n) is 1.66. The molecule has 0 bridgehead atoms. The first-order valence-corrected chi connectivity index (χ1v) is 7.49. The second-order valence-corrected chi connectivity index (χ2v) is 6.76. The van der Waals surface area contributed by atoms with Crippen molar-refractivity contribution in [1.82, 2.24) is 4.98 Å². The topological polar surface area (TPSA) is 65.8 Å². The number of carbonyl (C=O) groups excluding carboxylic acids is 1. The Morgan fingerprint density at radius 3 is 2.81 bits per heavy atom. The molecule has 2 aromatic rings. The average molecular weight is 320 g/mol. The quantitative estimate of drug-likeness (QED) is 0.919. The van der Waals surface area contributed by atoms with Crippen molar-refractivity contribution < 1.29 is 4.79 Å². The summed E-state index contributed by atoms with van der Waals surface area (Å²) in [5.41, 5.74) is 0.597. The van der Waals surface area contributed by atoms with Crippen LogP contribution in [0.2, 0.25) is 5.02 Å². The van der Waals surface area contributed by atoms with E-state index in [0.717, 1.165) is 16.1 Å².